The third-order valence-electron chi connectivity index (χ3n) is 21.0. The second kappa shape index (κ2) is 27.5. The van der Waals surface area contributed by atoms with Gasteiger partial charge in [0.15, 0.2) is 0 Å². The van der Waals surface area contributed by atoms with E-state index in [9.17, 15) is 52.7 Å². The maximum absolute atomic E-state index is 16.3. The summed E-state index contributed by atoms with van der Waals surface area (Å²) >= 11 is 0. The molecular formula is C90H58F12N2O8. The number of nitrogens with zero attached hydrogens (tertiary/aromatic N) is 2. The smallest absolute Gasteiger partial charge is 0.344 e. The van der Waals surface area contributed by atoms with E-state index in [-0.39, 0.29) is 79.7 Å². The Balaban J connectivity index is 1.11. The first-order valence-corrected chi connectivity index (χ1v) is 35.5. The minimum atomic E-state index is -2.73. The van der Waals surface area contributed by atoms with Gasteiger partial charge in [0, 0.05) is 43.8 Å². The van der Waals surface area contributed by atoms with Crippen molar-refractivity contribution in [1.82, 2.24) is 0 Å². The number of hydrogen-bond donors (Lipinski definition) is 0. The summed E-state index contributed by atoms with van der Waals surface area (Å²) in [4.78, 5) is 67.5. The lowest BCUT2D eigenvalue weighted by molar-refractivity contribution is 0.0877. The number of para-hydroxylation sites is 2. The Hall–Kier alpha value is -13.0. The van der Waals surface area contributed by atoms with Crippen molar-refractivity contribution in [2.24, 2.45) is 0 Å². The van der Waals surface area contributed by atoms with Crippen LogP contribution in [0.3, 0.4) is 0 Å². The Labute approximate surface area is 629 Å². The molecule has 10 nitrogen and oxygen atoms in total. The van der Waals surface area contributed by atoms with Crippen LogP contribution in [0.25, 0.3) is 120 Å². The lowest BCUT2D eigenvalue weighted by Crippen LogP contribution is -2.42. The van der Waals surface area contributed by atoms with Gasteiger partial charge in [0.1, 0.15) is 23.0 Å². The van der Waals surface area contributed by atoms with Crippen molar-refractivity contribution in [3.8, 4) is 67.5 Å². The number of hydrogen-bond acceptors (Lipinski definition) is 8. The first kappa shape index (κ1) is 73.2. The zero-order chi connectivity index (χ0) is 79.2. The summed E-state index contributed by atoms with van der Waals surface area (Å²) in [5.41, 5.74) is 5.81. The molecule has 0 atom stereocenters. The van der Waals surface area contributed by atoms with E-state index in [1.165, 1.54) is 97.1 Å². The molecule has 22 heteroatoms. The number of benzene rings is 14. The normalized spacial score (nSPS) is 13.0. The summed E-state index contributed by atoms with van der Waals surface area (Å²) in [5, 5.41) is 5.16. The molecule has 112 heavy (non-hydrogen) atoms. The molecule has 0 unspecified atom stereocenters. The second-order valence-corrected chi connectivity index (χ2v) is 28.7. The van der Waals surface area contributed by atoms with Gasteiger partial charge in [-0.15, -0.1) is 0 Å². The second-order valence-electron chi connectivity index (χ2n) is 28.7. The van der Waals surface area contributed by atoms with Crippen molar-refractivity contribution in [1.29, 1.82) is 0 Å². The number of halogens is 12. The van der Waals surface area contributed by atoms with Crippen molar-refractivity contribution in [2.75, 3.05) is 9.80 Å². The molecule has 0 saturated heterocycles. The average molecular weight is 1520 g/mol. The first-order chi connectivity index (χ1) is 53.5. The van der Waals surface area contributed by atoms with Gasteiger partial charge in [-0.1, -0.05) is 165 Å². The van der Waals surface area contributed by atoms with Crippen LogP contribution in [0.4, 0.5) is 64.1 Å². The minimum absolute atomic E-state index is 0.0280. The van der Waals surface area contributed by atoms with Crippen LogP contribution in [-0.2, 0) is 0 Å². The van der Waals surface area contributed by atoms with E-state index >= 15 is 19.2 Å². The molecule has 0 aliphatic carbocycles. The number of carbonyl (C=O) groups excluding carboxylic acids is 4. The topological polar surface area (TPSA) is 112 Å². The molecular weight excluding hydrogens is 1460 g/mol. The predicted molar refractivity (Wildman–Crippen MR) is 409 cm³/mol. The fourth-order valence-electron chi connectivity index (χ4n) is 16.3. The van der Waals surface area contributed by atoms with Crippen LogP contribution in [-0.4, -0.2) is 23.6 Å². The predicted octanol–water partition coefficient (Wildman–Crippen LogP) is 27.1. The van der Waals surface area contributed by atoms with Crippen LogP contribution in [0.5, 0.6) is 23.0 Å². The Morgan fingerprint density at radius 2 is 0.455 bits per heavy atom. The van der Waals surface area contributed by atoms with E-state index in [4.69, 9.17) is 18.9 Å². The highest BCUT2D eigenvalue weighted by atomic mass is 19.3. The van der Waals surface area contributed by atoms with Gasteiger partial charge in [-0.25, -0.2) is 9.80 Å². The zero-order valence-electron chi connectivity index (χ0n) is 60.3. The van der Waals surface area contributed by atoms with Crippen LogP contribution in [0.2, 0.25) is 0 Å². The lowest BCUT2D eigenvalue weighted by Gasteiger charge is -2.34. The van der Waals surface area contributed by atoms with Crippen molar-refractivity contribution in [3.63, 3.8) is 0 Å². The summed E-state index contributed by atoms with van der Waals surface area (Å²) in [6.45, 7) is 15.4. The van der Waals surface area contributed by atoms with Gasteiger partial charge < -0.3 is 18.9 Å². The zero-order valence-corrected chi connectivity index (χ0v) is 60.3. The molecule has 0 bridgehead atoms. The van der Waals surface area contributed by atoms with E-state index in [2.05, 4.69) is 0 Å². The highest BCUT2D eigenvalue weighted by Gasteiger charge is 2.43. The third-order valence-corrected chi connectivity index (χ3v) is 21.0. The summed E-state index contributed by atoms with van der Waals surface area (Å²) in [6.07, 6.45) is -10.9. The molecule has 2 aliphatic rings. The van der Waals surface area contributed by atoms with Gasteiger partial charge in [-0.05, 0) is 217 Å². The summed E-state index contributed by atoms with van der Waals surface area (Å²) < 4.78 is 188. The maximum atomic E-state index is 16.3. The Morgan fingerprint density at radius 1 is 0.250 bits per heavy atom. The van der Waals surface area contributed by atoms with E-state index in [1.54, 1.807) is 48.5 Å². The standard InChI is InChI=1S/C90H58F12N2O8/c1-39(2)51-11-9-12-52(40(3)4)77(51)103-87(105)63-35-59(43-15-23-47(24-16-43)109-83(99)79(91)92)69-55-31-33-57-68-58(34-32-56(67(55)68)70-60(36-64(88(103)106)73(63)75(69)70)44-17-25-48(26-18-44)110-84(100)80(93)94)72-62(46-21-29-50(30-22-46)112-86(102)82(97)98)38-66-74-65(89(107)104(90(66)108)78-53(41(5)6)13-10-14-54(78)42(7)8)37-61(71(57)76(72)74)45-19-27-49(28-20-45)111-85(101)81(95)96/h9-42H,1-8H3. The molecule has 0 radical (unpaired) electrons. The molecule has 2 heterocycles. The molecule has 0 N–H and O–H groups in total. The van der Waals surface area contributed by atoms with Gasteiger partial charge in [-0.3, -0.25) is 19.2 Å². The molecule has 0 aromatic heterocycles. The number of rotatable bonds is 18. The minimum Gasteiger partial charge on any atom is -0.428 e. The van der Waals surface area contributed by atoms with Gasteiger partial charge in [0.2, 0.25) is 0 Å². The van der Waals surface area contributed by atoms with Crippen LogP contribution >= 0.6 is 0 Å². The molecule has 2 aliphatic heterocycles. The highest BCUT2D eigenvalue weighted by Crippen LogP contribution is 2.58. The van der Waals surface area contributed by atoms with Gasteiger partial charge >= 0.3 is 48.4 Å². The lowest BCUT2D eigenvalue weighted by atomic mass is 9.75. The van der Waals surface area contributed by atoms with Crippen LogP contribution in [0, 0.1) is 0 Å². The van der Waals surface area contributed by atoms with Crippen LogP contribution in [0.1, 0.15) is 143 Å². The van der Waals surface area contributed by atoms with Crippen LogP contribution in [0.15, 0.2) is 230 Å². The number of anilines is 2. The van der Waals surface area contributed by atoms with Crippen molar-refractivity contribution >= 4 is 110 Å². The molecule has 16 rings (SSSR count). The van der Waals surface area contributed by atoms with Gasteiger partial charge in [0.25, 0.3) is 23.6 Å². The number of ether oxygens (including phenoxy) is 4. The van der Waals surface area contributed by atoms with Gasteiger partial charge in [-0.2, -0.15) is 52.7 Å². The quantitative estimate of drug-likeness (QED) is 0.0275. The Bertz CT molecular complexity index is 5770. The number of fused-ring (bicyclic) bond motifs is 4. The maximum Gasteiger partial charge on any atom is 0.344 e. The fourth-order valence-corrected chi connectivity index (χ4v) is 16.3. The average Bonchev–Trinajstić information content (AvgIpc) is 0.667. The molecule has 560 valence electrons. The van der Waals surface area contributed by atoms with Crippen molar-refractivity contribution in [2.45, 2.75) is 79.1 Å². The van der Waals surface area contributed by atoms with Crippen molar-refractivity contribution < 1.29 is 90.8 Å². The largest absolute Gasteiger partial charge is 0.428 e. The Morgan fingerprint density at radius 3 is 0.643 bits per heavy atom. The molecule has 14 aromatic carbocycles. The van der Waals surface area contributed by atoms with Crippen LogP contribution < -0.4 is 28.7 Å². The molecule has 0 fully saturated rings. The molecule has 4 amide bonds. The van der Waals surface area contributed by atoms with E-state index in [1.807, 2.05) is 91.8 Å². The van der Waals surface area contributed by atoms with E-state index in [0.717, 1.165) is 9.80 Å². The summed E-state index contributed by atoms with van der Waals surface area (Å²) in [5.74, 6) is -5.33. The summed E-state index contributed by atoms with van der Waals surface area (Å²) in [6, 6.07) is 37.7. The molecule has 0 spiro atoms. The monoisotopic (exact) mass is 1520 g/mol. The number of amides is 4. The van der Waals surface area contributed by atoms with Gasteiger partial charge in [0.05, 0.1) is 11.4 Å². The molecule has 0 saturated carbocycles. The van der Waals surface area contributed by atoms with E-state index in [0.29, 0.717) is 143 Å². The Kier molecular flexibility index (Phi) is 18.0. The SMILES string of the molecule is CC(C)c1cccc(C(C)C)c1N1C(=O)c2cc(-c3ccc(OC(F)=C(F)F)cc3)c3c4ccc5c6c(-c7ccc(OC(F)=C(F)F)cc7)cc7c8c(cc(-c9ccc(OC(F)=C(F)F)cc9)c(c9ccc(c%10c(-c%11ccc(OC(F)=C(F)F)cc%11)cc(c2c3%10)C1=O)c4c59)c86)C(=O)N(c1c(C(C)C)cccc1C(C)C)C7=O. The first-order valence-electron chi connectivity index (χ1n) is 35.5. The third kappa shape index (κ3) is 11.7. The fraction of sp³-hybridized carbons (Fsp3) is 0.133. The van der Waals surface area contributed by atoms with E-state index < -0.39 is 72.0 Å². The number of imide groups is 2. The number of carbonyl (C=O) groups is 4. The van der Waals surface area contributed by atoms with Crippen molar-refractivity contribution in [3.05, 3.63) is 275 Å². The summed E-state index contributed by atoms with van der Waals surface area (Å²) in [7, 11) is 0. The molecule has 14 aromatic rings. The highest BCUT2D eigenvalue weighted by molar-refractivity contribution is 6.51.